The highest BCUT2D eigenvalue weighted by molar-refractivity contribution is 6.09. The number of anilines is 1. The summed E-state index contributed by atoms with van der Waals surface area (Å²) in [5.74, 6) is -1.79. The number of nitrogens with zero attached hydrogens (tertiary/aromatic N) is 1. The summed E-state index contributed by atoms with van der Waals surface area (Å²) < 4.78 is 5.17. The lowest BCUT2D eigenvalue weighted by Gasteiger charge is -2.23. The van der Waals surface area contributed by atoms with Gasteiger partial charge in [-0.15, -0.1) is 0 Å². The fourth-order valence-electron chi connectivity index (χ4n) is 3.53. The number of imide groups is 1. The highest BCUT2D eigenvalue weighted by Crippen LogP contribution is 2.25. The van der Waals surface area contributed by atoms with E-state index >= 15 is 0 Å². The molecule has 3 rings (SSSR count). The van der Waals surface area contributed by atoms with Crippen molar-refractivity contribution in [3.8, 4) is 0 Å². The number of ether oxygens (including phenoxy) is 1. The topological polar surface area (TPSA) is 105 Å². The molecule has 1 atom stereocenters. The van der Waals surface area contributed by atoms with E-state index in [0.717, 1.165) is 15.7 Å². The molecule has 158 valence electrons. The van der Waals surface area contributed by atoms with Crippen molar-refractivity contribution in [1.29, 1.82) is 0 Å². The Balaban J connectivity index is 1.62. The van der Waals surface area contributed by atoms with Crippen molar-refractivity contribution in [2.45, 2.75) is 45.3 Å². The van der Waals surface area contributed by atoms with Gasteiger partial charge in [-0.25, -0.2) is 4.79 Å². The molecule has 0 aromatic heterocycles. The minimum Gasteiger partial charge on any atom is -0.451 e. The fourth-order valence-corrected chi connectivity index (χ4v) is 3.53. The molecular formula is C22H25N3O5. The van der Waals surface area contributed by atoms with E-state index in [4.69, 9.17) is 4.74 Å². The standard InChI is InChI=1S/C22H25N3O5/c1-4-22(5-2)20(28)25(21(29)24-22)13-18(26)30-14(3)19(27)23-17-12-8-10-15-9-6-7-11-16(15)17/h6-12,14H,4-5,13H2,1-3H3,(H,23,27)(H,24,29)/t14-/m0/s1. The SMILES string of the molecule is CCC1(CC)NC(=O)N(CC(=O)O[C@@H](C)C(=O)Nc2cccc3ccccc23)C1=O. The van der Waals surface area contributed by atoms with Crippen molar-refractivity contribution >= 4 is 40.3 Å². The average molecular weight is 411 g/mol. The van der Waals surface area contributed by atoms with Gasteiger partial charge in [-0.05, 0) is 31.2 Å². The zero-order valence-electron chi connectivity index (χ0n) is 17.2. The van der Waals surface area contributed by atoms with E-state index in [-0.39, 0.29) is 0 Å². The molecular weight excluding hydrogens is 386 g/mol. The van der Waals surface area contributed by atoms with Crippen LogP contribution in [0.4, 0.5) is 10.5 Å². The summed E-state index contributed by atoms with van der Waals surface area (Å²) in [6.07, 6.45) is -0.258. The van der Waals surface area contributed by atoms with Crippen LogP contribution >= 0.6 is 0 Å². The Kier molecular flexibility index (Phi) is 6.05. The molecule has 0 radical (unpaired) electrons. The van der Waals surface area contributed by atoms with E-state index < -0.39 is 42.0 Å². The first kappa shape index (κ1) is 21.3. The van der Waals surface area contributed by atoms with Crippen molar-refractivity contribution in [3.05, 3.63) is 42.5 Å². The Morgan fingerprint density at radius 2 is 1.77 bits per heavy atom. The summed E-state index contributed by atoms with van der Waals surface area (Å²) in [5.41, 5.74) is -0.389. The first-order chi connectivity index (χ1) is 14.3. The minimum absolute atomic E-state index is 0.420. The van der Waals surface area contributed by atoms with Crippen LogP contribution in [0.2, 0.25) is 0 Å². The number of benzene rings is 2. The monoisotopic (exact) mass is 411 g/mol. The Bertz CT molecular complexity index is 994. The molecule has 1 saturated heterocycles. The number of carbonyl (C=O) groups is 4. The van der Waals surface area contributed by atoms with Gasteiger partial charge in [-0.3, -0.25) is 19.3 Å². The quantitative estimate of drug-likeness (QED) is 0.538. The molecule has 0 aliphatic carbocycles. The van der Waals surface area contributed by atoms with Crippen LogP contribution in [0.3, 0.4) is 0 Å². The minimum atomic E-state index is -1.10. The highest BCUT2D eigenvalue weighted by Gasteiger charge is 2.49. The number of rotatable bonds is 7. The molecule has 2 aromatic carbocycles. The Labute approximate surface area is 174 Å². The second-order valence-electron chi connectivity index (χ2n) is 7.26. The smallest absolute Gasteiger partial charge is 0.327 e. The van der Waals surface area contributed by atoms with Crippen LogP contribution in [0.25, 0.3) is 10.8 Å². The molecule has 2 aromatic rings. The van der Waals surface area contributed by atoms with Gasteiger partial charge in [-0.1, -0.05) is 50.2 Å². The molecule has 1 fully saturated rings. The first-order valence-electron chi connectivity index (χ1n) is 9.93. The average Bonchev–Trinajstić information content (AvgIpc) is 2.98. The van der Waals surface area contributed by atoms with Crippen molar-refractivity contribution in [3.63, 3.8) is 0 Å². The zero-order chi connectivity index (χ0) is 21.9. The second-order valence-corrected chi connectivity index (χ2v) is 7.26. The first-order valence-corrected chi connectivity index (χ1v) is 9.93. The lowest BCUT2D eigenvalue weighted by molar-refractivity contribution is -0.155. The number of nitrogens with one attached hydrogen (secondary N) is 2. The van der Waals surface area contributed by atoms with Gasteiger partial charge < -0.3 is 15.4 Å². The molecule has 1 aliphatic rings. The van der Waals surface area contributed by atoms with E-state index in [0.29, 0.717) is 18.5 Å². The molecule has 0 bridgehead atoms. The van der Waals surface area contributed by atoms with Gasteiger partial charge in [0.2, 0.25) is 0 Å². The molecule has 8 nitrogen and oxygen atoms in total. The van der Waals surface area contributed by atoms with Gasteiger partial charge in [0.15, 0.2) is 6.10 Å². The highest BCUT2D eigenvalue weighted by atomic mass is 16.5. The molecule has 1 heterocycles. The van der Waals surface area contributed by atoms with E-state index in [1.54, 1.807) is 19.9 Å². The fraction of sp³-hybridized carbons (Fsp3) is 0.364. The molecule has 0 spiro atoms. The largest absolute Gasteiger partial charge is 0.451 e. The van der Waals surface area contributed by atoms with Crippen LogP contribution in [0.1, 0.15) is 33.6 Å². The Hall–Kier alpha value is -3.42. The van der Waals surface area contributed by atoms with Gasteiger partial charge in [0.1, 0.15) is 12.1 Å². The van der Waals surface area contributed by atoms with Crippen LogP contribution < -0.4 is 10.6 Å². The number of esters is 1. The predicted octanol–water partition coefficient (Wildman–Crippen LogP) is 2.82. The summed E-state index contributed by atoms with van der Waals surface area (Å²) in [7, 11) is 0. The molecule has 1 aliphatic heterocycles. The maximum Gasteiger partial charge on any atom is 0.327 e. The third-order valence-electron chi connectivity index (χ3n) is 5.47. The molecule has 30 heavy (non-hydrogen) atoms. The number of urea groups is 1. The van der Waals surface area contributed by atoms with Crippen LogP contribution in [-0.4, -0.2) is 46.9 Å². The summed E-state index contributed by atoms with van der Waals surface area (Å²) in [5, 5.41) is 7.23. The molecule has 8 heteroatoms. The zero-order valence-corrected chi connectivity index (χ0v) is 17.2. The summed E-state index contributed by atoms with van der Waals surface area (Å²) in [4.78, 5) is 50.3. The third kappa shape index (κ3) is 3.98. The predicted molar refractivity (Wildman–Crippen MR) is 112 cm³/mol. The van der Waals surface area contributed by atoms with Crippen molar-refractivity contribution in [1.82, 2.24) is 10.2 Å². The number of fused-ring (bicyclic) bond motifs is 1. The van der Waals surface area contributed by atoms with Crippen LogP contribution in [0.15, 0.2) is 42.5 Å². The van der Waals surface area contributed by atoms with Gasteiger partial charge in [-0.2, -0.15) is 0 Å². The lowest BCUT2D eigenvalue weighted by atomic mass is 9.93. The van der Waals surface area contributed by atoms with Gasteiger partial charge in [0.25, 0.3) is 11.8 Å². The number of hydrogen-bond acceptors (Lipinski definition) is 5. The molecule has 2 N–H and O–H groups in total. The summed E-state index contributed by atoms with van der Waals surface area (Å²) in [6.45, 7) is 4.48. The van der Waals surface area contributed by atoms with Crippen LogP contribution in [-0.2, 0) is 19.1 Å². The maximum atomic E-state index is 12.6. The van der Waals surface area contributed by atoms with Gasteiger partial charge >= 0.3 is 12.0 Å². The maximum absolute atomic E-state index is 12.6. The number of hydrogen-bond donors (Lipinski definition) is 2. The molecule has 0 unspecified atom stereocenters. The summed E-state index contributed by atoms with van der Waals surface area (Å²) >= 11 is 0. The van der Waals surface area contributed by atoms with E-state index in [1.807, 2.05) is 36.4 Å². The Morgan fingerprint density at radius 1 is 1.10 bits per heavy atom. The normalized spacial score (nSPS) is 16.3. The van der Waals surface area contributed by atoms with Crippen LogP contribution in [0, 0.1) is 0 Å². The number of amides is 4. The number of carbonyl (C=O) groups excluding carboxylic acids is 4. The molecule has 0 saturated carbocycles. The molecule has 4 amide bonds. The van der Waals surface area contributed by atoms with Gasteiger partial charge in [0, 0.05) is 11.1 Å². The second kappa shape index (κ2) is 8.52. The lowest BCUT2D eigenvalue weighted by Crippen LogP contribution is -2.46. The van der Waals surface area contributed by atoms with Crippen molar-refractivity contribution in [2.75, 3.05) is 11.9 Å². The van der Waals surface area contributed by atoms with Crippen LogP contribution in [0.5, 0.6) is 0 Å². The van der Waals surface area contributed by atoms with Crippen molar-refractivity contribution < 1.29 is 23.9 Å². The Morgan fingerprint density at radius 3 is 2.43 bits per heavy atom. The van der Waals surface area contributed by atoms with E-state index in [2.05, 4.69) is 10.6 Å². The van der Waals surface area contributed by atoms with E-state index in [9.17, 15) is 19.2 Å². The van der Waals surface area contributed by atoms with Crippen molar-refractivity contribution in [2.24, 2.45) is 0 Å². The summed E-state index contributed by atoms with van der Waals surface area (Å²) in [6, 6.07) is 12.5. The third-order valence-corrected chi connectivity index (χ3v) is 5.47. The van der Waals surface area contributed by atoms with E-state index in [1.165, 1.54) is 6.92 Å². The van der Waals surface area contributed by atoms with Gasteiger partial charge in [0.05, 0.1) is 0 Å².